The largest absolute Gasteiger partial charge is 0.352 e. The smallest absolute Gasteiger partial charge is 0.264 e. The number of para-hydroxylation sites is 1. The molecule has 0 saturated heterocycles. The fraction of sp³-hybridized carbons (Fsp3) is 0.355. The quantitative estimate of drug-likeness (QED) is 0.366. The number of carbonyl (C=O) groups excluding carboxylic acids is 2. The third-order valence-corrected chi connectivity index (χ3v) is 9.15. The van der Waals surface area contributed by atoms with Gasteiger partial charge in [-0.25, -0.2) is 12.8 Å². The van der Waals surface area contributed by atoms with Crippen molar-refractivity contribution in [2.45, 2.75) is 69.5 Å². The zero-order chi connectivity index (χ0) is 28.7. The maximum atomic E-state index is 14.0. The van der Waals surface area contributed by atoms with E-state index in [2.05, 4.69) is 5.32 Å². The second-order valence-corrected chi connectivity index (χ2v) is 12.1. The fourth-order valence-electron chi connectivity index (χ4n) is 5.01. The van der Waals surface area contributed by atoms with E-state index in [9.17, 15) is 22.4 Å². The lowest BCUT2D eigenvalue weighted by Crippen LogP contribution is -2.53. The molecule has 3 aromatic carbocycles. The van der Waals surface area contributed by atoms with Crippen LogP contribution in [0.25, 0.3) is 0 Å². The standard InChI is InChI=1S/C31H36FN3O4S/c1-23-11-9-10-16-29(23)35(40(38,39)28-14-7-4-8-15-28)22-30(36)34(21-25-17-19-26(32)20-18-25)24(2)31(37)33-27-12-5-3-6-13-27/h4,7-11,14-20,24,27H,3,5-6,12-13,21-22H2,1-2H3,(H,33,37)/t24-/m1/s1. The highest BCUT2D eigenvalue weighted by molar-refractivity contribution is 7.92. The first-order chi connectivity index (χ1) is 19.2. The Morgan fingerprint density at radius 3 is 2.20 bits per heavy atom. The van der Waals surface area contributed by atoms with Gasteiger partial charge in [0.1, 0.15) is 18.4 Å². The molecule has 0 radical (unpaired) electrons. The van der Waals surface area contributed by atoms with E-state index in [-0.39, 0.29) is 23.4 Å². The summed E-state index contributed by atoms with van der Waals surface area (Å²) >= 11 is 0. The summed E-state index contributed by atoms with van der Waals surface area (Å²) in [5, 5.41) is 3.07. The van der Waals surface area contributed by atoms with Gasteiger partial charge in [0.15, 0.2) is 0 Å². The zero-order valence-corrected chi connectivity index (χ0v) is 23.7. The molecule has 0 unspecified atom stereocenters. The van der Waals surface area contributed by atoms with Crippen molar-refractivity contribution < 1.29 is 22.4 Å². The van der Waals surface area contributed by atoms with E-state index >= 15 is 0 Å². The van der Waals surface area contributed by atoms with Gasteiger partial charge < -0.3 is 10.2 Å². The second-order valence-electron chi connectivity index (χ2n) is 10.3. The van der Waals surface area contributed by atoms with Gasteiger partial charge in [-0.1, -0.05) is 67.8 Å². The lowest BCUT2D eigenvalue weighted by atomic mass is 9.95. The monoisotopic (exact) mass is 565 g/mol. The van der Waals surface area contributed by atoms with Gasteiger partial charge >= 0.3 is 0 Å². The third-order valence-electron chi connectivity index (χ3n) is 7.38. The summed E-state index contributed by atoms with van der Waals surface area (Å²) < 4.78 is 42.4. The number of amides is 2. The van der Waals surface area contributed by atoms with E-state index in [4.69, 9.17) is 0 Å². The second kappa shape index (κ2) is 13.1. The number of halogens is 1. The zero-order valence-electron chi connectivity index (χ0n) is 22.9. The molecule has 0 aromatic heterocycles. The van der Waals surface area contributed by atoms with Gasteiger partial charge in [-0.15, -0.1) is 0 Å². The SMILES string of the molecule is Cc1ccccc1N(CC(=O)N(Cc1ccc(F)cc1)[C@H](C)C(=O)NC1CCCCC1)S(=O)(=O)c1ccccc1. The molecule has 212 valence electrons. The van der Waals surface area contributed by atoms with E-state index in [0.29, 0.717) is 16.8 Å². The Labute approximate surface area is 236 Å². The third kappa shape index (κ3) is 7.07. The molecule has 4 rings (SSSR count). The molecule has 2 amide bonds. The van der Waals surface area contributed by atoms with Gasteiger partial charge in [0, 0.05) is 12.6 Å². The summed E-state index contributed by atoms with van der Waals surface area (Å²) in [5.74, 6) is -1.25. The molecule has 1 aliphatic carbocycles. The van der Waals surface area contributed by atoms with Gasteiger partial charge in [0.2, 0.25) is 11.8 Å². The predicted octanol–water partition coefficient (Wildman–Crippen LogP) is 5.20. The van der Waals surface area contributed by atoms with Gasteiger partial charge in [-0.05, 0) is 68.1 Å². The van der Waals surface area contributed by atoms with Crippen LogP contribution in [-0.4, -0.2) is 43.8 Å². The molecule has 9 heteroatoms. The summed E-state index contributed by atoms with van der Waals surface area (Å²) in [5.41, 5.74) is 1.68. The van der Waals surface area contributed by atoms with E-state index in [1.807, 2.05) is 0 Å². The minimum Gasteiger partial charge on any atom is -0.352 e. The summed E-state index contributed by atoms with van der Waals surface area (Å²) in [6.45, 7) is 2.93. The number of nitrogens with one attached hydrogen (secondary N) is 1. The van der Waals surface area contributed by atoms with Crippen molar-refractivity contribution >= 4 is 27.5 Å². The molecule has 1 aliphatic rings. The van der Waals surface area contributed by atoms with Crippen LogP contribution in [0.15, 0.2) is 83.8 Å². The first-order valence-corrected chi connectivity index (χ1v) is 15.1. The Hall–Kier alpha value is -3.72. The van der Waals surface area contributed by atoms with E-state index < -0.39 is 34.3 Å². The molecular formula is C31H36FN3O4S. The van der Waals surface area contributed by atoms with Crippen LogP contribution in [-0.2, 0) is 26.2 Å². The first kappa shape index (κ1) is 29.3. The van der Waals surface area contributed by atoms with Gasteiger partial charge in [-0.3, -0.25) is 13.9 Å². The summed E-state index contributed by atoms with van der Waals surface area (Å²) in [6, 6.07) is 19.8. The van der Waals surface area contributed by atoms with Crippen LogP contribution >= 0.6 is 0 Å². The molecule has 40 heavy (non-hydrogen) atoms. The van der Waals surface area contributed by atoms with Crippen LogP contribution in [0.4, 0.5) is 10.1 Å². The molecule has 0 bridgehead atoms. The van der Waals surface area contributed by atoms with Crippen molar-refractivity contribution in [3.63, 3.8) is 0 Å². The van der Waals surface area contributed by atoms with Crippen LogP contribution in [0.1, 0.15) is 50.2 Å². The lowest BCUT2D eigenvalue weighted by Gasteiger charge is -2.33. The molecule has 3 aromatic rings. The van der Waals surface area contributed by atoms with Crippen LogP contribution in [0.2, 0.25) is 0 Å². The van der Waals surface area contributed by atoms with E-state index in [1.165, 1.54) is 29.2 Å². The number of nitrogens with zero attached hydrogens (tertiary/aromatic N) is 2. The van der Waals surface area contributed by atoms with Gasteiger partial charge in [-0.2, -0.15) is 0 Å². The Bertz CT molecular complexity index is 1410. The van der Waals surface area contributed by atoms with Crippen molar-refractivity contribution in [1.29, 1.82) is 0 Å². The number of rotatable bonds is 10. The summed E-state index contributed by atoms with van der Waals surface area (Å²) in [4.78, 5) is 28.8. The number of anilines is 1. The van der Waals surface area contributed by atoms with Crippen molar-refractivity contribution in [3.8, 4) is 0 Å². The molecular weight excluding hydrogens is 529 g/mol. The molecule has 1 atom stereocenters. The number of hydrogen-bond donors (Lipinski definition) is 1. The van der Waals surface area contributed by atoms with Gasteiger partial charge in [0.05, 0.1) is 10.6 Å². The number of benzene rings is 3. The summed E-state index contributed by atoms with van der Waals surface area (Å²) in [7, 11) is -4.12. The maximum Gasteiger partial charge on any atom is 0.264 e. The first-order valence-electron chi connectivity index (χ1n) is 13.6. The molecule has 0 aliphatic heterocycles. The highest BCUT2D eigenvalue weighted by Gasteiger charge is 2.33. The normalized spacial score (nSPS) is 14.8. The van der Waals surface area contributed by atoms with Gasteiger partial charge in [0.25, 0.3) is 10.0 Å². The van der Waals surface area contributed by atoms with Crippen molar-refractivity contribution in [3.05, 3.63) is 95.8 Å². The topological polar surface area (TPSA) is 86.8 Å². The average molecular weight is 566 g/mol. The minimum absolute atomic E-state index is 0.0192. The molecule has 0 heterocycles. The number of carbonyl (C=O) groups is 2. The Morgan fingerprint density at radius 2 is 1.55 bits per heavy atom. The highest BCUT2D eigenvalue weighted by atomic mass is 32.2. The molecule has 1 saturated carbocycles. The Balaban J connectivity index is 1.67. The van der Waals surface area contributed by atoms with Crippen LogP contribution < -0.4 is 9.62 Å². The lowest BCUT2D eigenvalue weighted by molar-refractivity contribution is -0.139. The van der Waals surface area contributed by atoms with E-state index in [0.717, 1.165) is 36.4 Å². The van der Waals surface area contributed by atoms with E-state index in [1.54, 1.807) is 68.4 Å². The predicted molar refractivity (Wildman–Crippen MR) is 154 cm³/mol. The number of sulfonamides is 1. The maximum absolute atomic E-state index is 14.0. The average Bonchev–Trinajstić information content (AvgIpc) is 2.96. The van der Waals surface area contributed by atoms with Crippen molar-refractivity contribution in [2.24, 2.45) is 0 Å². The molecule has 1 N–H and O–H groups in total. The Kier molecular flexibility index (Phi) is 9.58. The molecule has 1 fully saturated rings. The number of hydrogen-bond acceptors (Lipinski definition) is 4. The van der Waals surface area contributed by atoms with Crippen LogP contribution in [0, 0.1) is 12.7 Å². The highest BCUT2D eigenvalue weighted by Crippen LogP contribution is 2.27. The summed E-state index contributed by atoms with van der Waals surface area (Å²) in [6.07, 6.45) is 5.00. The van der Waals surface area contributed by atoms with Crippen LogP contribution in [0.5, 0.6) is 0 Å². The number of aryl methyl sites for hydroxylation is 1. The fourth-order valence-corrected chi connectivity index (χ4v) is 6.51. The van der Waals surface area contributed by atoms with Crippen molar-refractivity contribution in [1.82, 2.24) is 10.2 Å². The Morgan fingerprint density at radius 1 is 0.925 bits per heavy atom. The molecule has 0 spiro atoms. The molecule has 7 nitrogen and oxygen atoms in total. The van der Waals surface area contributed by atoms with Crippen LogP contribution in [0.3, 0.4) is 0 Å². The van der Waals surface area contributed by atoms with Crippen molar-refractivity contribution in [2.75, 3.05) is 10.8 Å². The minimum atomic E-state index is -4.12.